The second-order valence-electron chi connectivity index (χ2n) is 9.02. The lowest BCUT2D eigenvalue weighted by Gasteiger charge is -2.29. The van der Waals surface area contributed by atoms with E-state index in [0.717, 1.165) is 29.5 Å². The first-order chi connectivity index (χ1) is 17.2. The molecule has 2 fully saturated rings. The summed E-state index contributed by atoms with van der Waals surface area (Å²) in [7, 11) is -0.777. The lowest BCUT2D eigenvalue weighted by Crippen LogP contribution is -2.38. The number of aliphatic hydroxyl groups is 1. The minimum Gasteiger partial charge on any atom is -0.507 e. The lowest BCUT2D eigenvalue weighted by molar-refractivity contribution is -0.140. The van der Waals surface area contributed by atoms with Crippen LogP contribution in [0.2, 0.25) is 0 Å². The molecule has 0 aliphatic carbocycles. The van der Waals surface area contributed by atoms with Gasteiger partial charge >= 0.3 is 0 Å². The van der Waals surface area contributed by atoms with Gasteiger partial charge in [0.15, 0.2) is 0 Å². The number of morpholine rings is 1. The first-order valence-corrected chi connectivity index (χ1v) is 13.3. The molecule has 1 amide bonds. The zero-order valence-electron chi connectivity index (χ0n) is 20.5. The fraction of sp³-hybridized carbons (Fsp3) is 0.385. The number of sulfonamides is 1. The molecule has 0 aromatic heterocycles. The zero-order chi connectivity index (χ0) is 25.9. The van der Waals surface area contributed by atoms with Gasteiger partial charge in [-0.25, -0.2) is 12.7 Å². The van der Waals surface area contributed by atoms with Gasteiger partial charge in [-0.1, -0.05) is 30.3 Å². The molecule has 4 rings (SSSR count). The summed E-state index contributed by atoms with van der Waals surface area (Å²) in [6.07, 6.45) is 0.674. The van der Waals surface area contributed by atoms with Crippen LogP contribution in [-0.4, -0.2) is 92.8 Å². The summed E-state index contributed by atoms with van der Waals surface area (Å²) in [5.41, 5.74) is 0.983. The van der Waals surface area contributed by atoms with E-state index < -0.39 is 27.8 Å². The summed E-state index contributed by atoms with van der Waals surface area (Å²) in [4.78, 5) is 30.1. The van der Waals surface area contributed by atoms with Crippen LogP contribution in [0.25, 0.3) is 5.76 Å². The fourth-order valence-corrected chi connectivity index (χ4v) is 5.43. The van der Waals surface area contributed by atoms with E-state index in [0.29, 0.717) is 26.2 Å². The van der Waals surface area contributed by atoms with Gasteiger partial charge in [-0.05, 0) is 36.2 Å². The number of aliphatic hydroxyl groups excluding tert-OH is 1. The number of hydrogen-bond acceptors (Lipinski definition) is 7. The Morgan fingerprint density at radius 3 is 2.25 bits per heavy atom. The molecule has 2 aliphatic rings. The molecule has 1 N–H and O–H groups in total. The number of likely N-dealkylation sites (tertiary alicyclic amines) is 1. The predicted molar refractivity (Wildman–Crippen MR) is 135 cm³/mol. The maximum absolute atomic E-state index is 13.2. The van der Waals surface area contributed by atoms with E-state index in [4.69, 9.17) is 4.74 Å². The minimum absolute atomic E-state index is 0.000731. The second-order valence-corrected chi connectivity index (χ2v) is 11.2. The molecule has 10 heteroatoms. The van der Waals surface area contributed by atoms with E-state index in [-0.39, 0.29) is 21.8 Å². The maximum atomic E-state index is 13.2. The second kappa shape index (κ2) is 10.9. The van der Waals surface area contributed by atoms with Crippen molar-refractivity contribution in [1.29, 1.82) is 0 Å². The van der Waals surface area contributed by atoms with Gasteiger partial charge in [-0.15, -0.1) is 0 Å². The number of ether oxygens (including phenoxy) is 1. The maximum Gasteiger partial charge on any atom is 0.295 e. The van der Waals surface area contributed by atoms with E-state index >= 15 is 0 Å². The molecule has 2 aliphatic heterocycles. The fourth-order valence-electron chi connectivity index (χ4n) is 4.53. The summed E-state index contributed by atoms with van der Waals surface area (Å²) in [6, 6.07) is 14.0. The topological polar surface area (TPSA) is 107 Å². The van der Waals surface area contributed by atoms with Crippen LogP contribution >= 0.6 is 0 Å². The van der Waals surface area contributed by atoms with Crippen molar-refractivity contribution in [1.82, 2.24) is 14.1 Å². The van der Waals surface area contributed by atoms with Crippen molar-refractivity contribution in [3.05, 3.63) is 71.3 Å². The van der Waals surface area contributed by atoms with Crippen LogP contribution < -0.4 is 0 Å². The molecular formula is C26H31N3O6S. The molecule has 0 spiro atoms. The third-order valence-electron chi connectivity index (χ3n) is 6.54. The third kappa shape index (κ3) is 5.22. The summed E-state index contributed by atoms with van der Waals surface area (Å²) in [6.45, 7) is 4.17. The van der Waals surface area contributed by atoms with Gasteiger partial charge in [-0.2, -0.15) is 0 Å². The number of nitrogens with zero attached hydrogens (tertiary/aromatic N) is 3. The van der Waals surface area contributed by atoms with Crippen molar-refractivity contribution in [3.63, 3.8) is 0 Å². The van der Waals surface area contributed by atoms with Gasteiger partial charge in [-0.3, -0.25) is 14.5 Å². The van der Waals surface area contributed by atoms with Gasteiger partial charge in [0.05, 0.1) is 29.7 Å². The Morgan fingerprint density at radius 2 is 1.64 bits per heavy atom. The van der Waals surface area contributed by atoms with Crippen LogP contribution in [0.15, 0.2) is 65.1 Å². The number of carbonyl (C=O) groups is 2. The molecule has 192 valence electrons. The molecule has 1 atom stereocenters. The summed E-state index contributed by atoms with van der Waals surface area (Å²) >= 11 is 0. The Bertz CT molecular complexity index is 1240. The van der Waals surface area contributed by atoms with Gasteiger partial charge in [0.2, 0.25) is 10.0 Å². The van der Waals surface area contributed by atoms with Crippen molar-refractivity contribution >= 4 is 27.5 Å². The number of amides is 1. The molecule has 2 aromatic carbocycles. The number of rotatable bonds is 8. The third-order valence-corrected chi connectivity index (χ3v) is 8.37. The number of hydrogen-bond donors (Lipinski definition) is 1. The normalized spacial score (nSPS) is 20.9. The molecule has 2 aromatic rings. The Kier molecular flexibility index (Phi) is 7.89. The van der Waals surface area contributed by atoms with Gasteiger partial charge in [0, 0.05) is 45.8 Å². The van der Waals surface area contributed by atoms with Crippen LogP contribution in [0.4, 0.5) is 0 Å². The predicted octanol–water partition coefficient (Wildman–Crippen LogP) is 2.08. The number of carbonyl (C=O) groups excluding carboxylic acids is 2. The quantitative estimate of drug-likeness (QED) is 0.327. The largest absolute Gasteiger partial charge is 0.507 e. The van der Waals surface area contributed by atoms with Crippen LogP contribution in [0.5, 0.6) is 0 Å². The average molecular weight is 514 g/mol. The Hall–Kier alpha value is -3.05. The molecule has 2 saturated heterocycles. The molecule has 0 radical (unpaired) electrons. The standard InChI is InChI=1S/C26H31N3O6S/c1-27(2)36(33,34)21-11-9-20(10-12-21)24(30)22-23(19-7-4-3-5-8-19)29(26(32)25(22)31)14-6-13-28-15-17-35-18-16-28/h3-5,7-12,23,30H,6,13-18H2,1-2H3/b24-22-. The van der Waals surface area contributed by atoms with Gasteiger partial charge in [0.25, 0.3) is 11.7 Å². The van der Waals surface area contributed by atoms with Crippen LogP contribution in [0.1, 0.15) is 23.6 Å². The highest BCUT2D eigenvalue weighted by molar-refractivity contribution is 7.89. The van der Waals surface area contributed by atoms with Crippen molar-refractivity contribution in [2.45, 2.75) is 17.4 Å². The van der Waals surface area contributed by atoms with Crippen LogP contribution in [0.3, 0.4) is 0 Å². The highest BCUT2D eigenvalue weighted by Gasteiger charge is 2.45. The minimum atomic E-state index is -3.65. The molecular weight excluding hydrogens is 482 g/mol. The van der Waals surface area contributed by atoms with Gasteiger partial charge in [0.1, 0.15) is 5.76 Å². The lowest BCUT2D eigenvalue weighted by atomic mass is 9.95. The molecule has 2 heterocycles. The smallest absolute Gasteiger partial charge is 0.295 e. The zero-order valence-corrected chi connectivity index (χ0v) is 21.3. The van der Waals surface area contributed by atoms with E-state index in [1.54, 1.807) is 0 Å². The Labute approximate surface area is 211 Å². The van der Waals surface area contributed by atoms with Crippen LogP contribution in [0, 0.1) is 0 Å². The Balaban J connectivity index is 1.66. The van der Waals surface area contributed by atoms with E-state index in [9.17, 15) is 23.1 Å². The van der Waals surface area contributed by atoms with Crippen molar-refractivity contribution in [3.8, 4) is 0 Å². The molecule has 36 heavy (non-hydrogen) atoms. The molecule has 1 unspecified atom stereocenters. The first kappa shape index (κ1) is 26.0. The number of Topliss-reactive ketones (excluding diaryl/α,β-unsaturated/α-hetero) is 1. The van der Waals surface area contributed by atoms with Gasteiger partial charge < -0.3 is 14.7 Å². The molecule has 9 nitrogen and oxygen atoms in total. The van der Waals surface area contributed by atoms with Crippen LogP contribution in [-0.2, 0) is 24.3 Å². The van der Waals surface area contributed by atoms with E-state index in [1.807, 2.05) is 30.3 Å². The molecule has 0 saturated carbocycles. The summed E-state index contributed by atoms with van der Waals surface area (Å²) < 4.78 is 31.3. The SMILES string of the molecule is CN(C)S(=O)(=O)c1ccc(/C(O)=C2/C(=O)C(=O)N(CCCN3CCOCC3)C2c2ccccc2)cc1. The van der Waals surface area contributed by atoms with Crippen molar-refractivity contribution < 1.29 is 27.9 Å². The van der Waals surface area contributed by atoms with E-state index in [2.05, 4.69) is 4.90 Å². The Morgan fingerprint density at radius 1 is 1.00 bits per heavy atom. The summed E-state index contributed by atoms with van der Waals surface area (Å²) in [5.74, 6) is -1.73. The highest BCUT2D eigenvalue weighted by Crippen LogP contribution is 2.39. The van der Waals surface area contributed by atoms with Crippen molar-refractivity contribution in [2.24, 2.45) is 0 Å². The monoisotopic (exact) mass is 513 g/mol. The van der Waals surface area contributed by atoms with E-state index in [1.165, 1.54) is 43.3 Å². The number of ketones is 1. The van der Waals surface area contributed by atoms with Crippen molar-refractivity contribution in [2.75, 3.05) is 53.5 Å². The highest BCUT2D eigenvalue weighted by atomic mass is 32.2. The number of benzene rings is 2. The summed E-state index contributed by atoms with van der Waals surface area (Å²) in [5, 5.41) is 11.2. The first-order valence-electron chi connectivity index (χ1n) is 11.9. The molecule has 0 bridgehead atoms. The average Bonchev–Trinajstić information content (AvgIpc) is 3.14.